The summed E-state index contributed by atoms with van der Waals surface area (Å²) < 4.78 is 30.6. The van der Waals surface area contributed by atoms with E-state index in [2.05, 4.69) is 46.4 Å². The molecule has 15 nitrogen and oxygen atoms in total. The number of halogens is 1. The van der Waals surface area contributed by atoms with E-state index in [4.69, 9.17) is 27.7 Å². The van der Waals surface area contributed by atoms with Crippen LogP contribution in [0.3, 0.4) is 0 Å². The highest BCUT2D eigenvalue weighted by atomic mass is 35.5. The summed E-state index contributed by atoms with van der Waals surface area (Å²) in [5.41, 5.74) is 8.25. The van der Waals surface area contributed by atoms with Crippen molar-refractivity contribution in [2.24, 2.45) is 10.2 Å². The van der Waals surface area contributed by atoms with Crippen LogP contribution in [-0.4, -0.2) is 39.7 Å². The van der Waals surface area contributed by atoms with E-state index in [0.29, 0.717) is 33.8 Å². The van der Waals surface area contributed by atoms with Gasteiger partial charge in [-0.05, 0) is 82.9 Å². The Bertz CT molecular complexity index is 1860. The van der Waals surface area contributed by atoms with Crippen molar-refractivity contribution in [3.63, 3.8) is 0 Å². The van der Waals surface area contributed by atoms with Crippen LogP contribution in [0.5, 0.6) is 0 Å². The normalized spacial score (nSPS) is 11.5. The highest BCUT2D eigenvalue weighted by Crippen LogP contribution is 2.38. The number of aryl methyl sites for hydroxylation is 2. The van der Waals surface area contributed by atoms with Crippen LogP contribution in [0.1, 0.15) is 21.5 Å². The number of hydrogen-bond acceptors (Lipinski definition) is 14. The molecule has 0 saturated carbocycles. The SMILES string of the molecule is C=CS(=O)(=O)c1cc(C)c(N=Nc2cc(SOOO)c(N)cc2Nc2nc(Cl)nc(-[n+]3ccc(C(=O)O)cc3)n2)cc1C. The summed E-state index contributed by atoms with van der Waals surface area (Å²) >= 11 is 6.75. The van der Waals surface area contributed by atoms with Crippen LogP contribution in [-0.2, 0) is 19.2 Å². The Balaban J connectivity index is 1.74. The zero-order valence-corrected chi connectivity index (χ0v) is 24.7. The van der Waals surface area contributed by atoms with E-state index in [9.17, 15) is 13.2 Å². The Labute approximate surface area is 253 Å². The van der Waals surface area contributed by atoms with Crippen molar-refractivity contribution in [1.29, 1.82) is 0 Å². The molecule has 0 fully saturated rings. The maximum Gasteiger partial charge on any atom is 0.444 e. The molecule has 4 rings (SSSR count). The van der Waals surface area contributed by atoms with Gasteiger partial charge in [0.15, 0.2) is 9.84 Å². The van der Waals surface area contributed by atoms with Gasteiger partial charge in [-0.2, -0.15) is 10.1 Å². The summed E-state index contributed by atoms with van der Waals surface area (Å²) in [5, 5.41) is 33.7. The second-order valence-electron chi connectivity index (χ2n) is 8.60. The number of anilines is 3. The monoisotopic (exact) mass is 645 g/mol. The number of hydrogen-bond donors (Lipinski definition) is 4. The van der Waals surface area contributed by atoms with Crippen molar-refractivity contribution in [3.05, 3.63) is 82.8 Å². The van der Waals surface area contributed by atoms with Crippen molar-refractivity contribution in [2.75, 3.05) is 11.1 Å². The topological polar surface area (TPSA) is 215 Å². The smallest absolute Gasteiger partial charge is 0.444 e. The molecule has 0 spiro atoms. The zero-order valence-electron chi connectivity index (χ0n) is 22.3. The molecule has 18 heteroatoms. The molecular formula is C25H22ClN8O7S2+. The fourth-order valence-electron chi connectivity index (χ4n) is 3.61. The van der Waals surface area contributed by atoms with Gasteiger partial charge in [-0.1, -0.05) is 11.6 Å². The highest BCUT2D eigenvalue weighted by molar-refractivity contribution is 7.94. The van der Waals surface area contributed by atoms with Crippen LogP contribution < -0.4 is 15.6 Å². The molecule has 4 aromatic rings. The number of azo groups is 1. The first-order chi connectivity index (χ1) is 20.4. The van der Waals surface area contributed by atoms with E-state index in [0.717, 1.165) is 5.41 Å². The Morgan fingerprint density at radius 2 is 1.81 bits per heavy atom. The molecular weight excluding hydrogens is 624 g/mol. The number of carbonyl (C=O) groups is 1. The van der Waals surface area contributed by atoms with Crippen molar-refractivity contribution < 1.29 is 37.5 Å². The van der Waals surface area contributed by atoms with Crippen LogP contribution in [0.25, 0.3) is 5.95 Å². The molecule has 0 amide bonds. The Hall–Kier alpha value is -4.52. The first-order valence-electron chi connectivity index (χ1n) is 11.8. The molecule has 43 heavy (non-hydrogen) atoms. The van der Waals surface area contributed by atoms with E-state index in [1.54, 1.807) is 19.9 Å². The average molecular weight is 646 g/mol. The molecule has 0 radical (unpaired) electrons. The predicted octanol–water partition coefficient (Wildman–Crippen LogP) is 5.20. The van der Waals surface area contributed by atoms with Gasteiger partial charge >= 0.3 is 23.1 Å². The maximum atomic E-state index is 12.3. The van der Waals surface area contributed by atoms with Gasteiger partial charge in [-0.15, -0.1) is 9.45 Å². The Morgan fingerprint density at radius 3 is 2.47 bits per heavy atom. The van der Waals surface area contributed by atoms with Gasteiger partial charge in [0.1, 0.15) is 5.69 Å². The summed E-state index contributed by atoms with van der Waals surface area (Å²) in [5.74, 6) is -1.03. The summed E-state index contributed by atoms with van der Waals surface area (Å²) in [6.45, 7) is 6.68. The van der Waals surface area contributed by atoms with Gasteiger partial charge in [-0.3, -0.25) is 0 Å². The van der Waals surface area contributed by atoms with Gasteiger partial charge in [0.25, 0.3) is 0 Å². The van der Waals surface area contributed by atoms with E-state index in [-0.39, 0.29) is 44.7 Å². The lowest BCUT2D eigenvalue weighted by molar-refractivity contribution is -0.603. The maximum absolute atomic E-state index is 12.3. The van der Waals surface area contributed by atoms with Gasteiger partial charge in [0.2, 0.25) is 0 Å². The highest BCUT2D eigenvalue weighted by Gasteiger charge is 2.20. The molecule has 0 aliphatic rings. The summed E-state index contributed by atoms with van der Waals surface area (Å²) in [4.78, 5) is 24.1. The first-order valence-corrected chi connectivity index (χ1v) is 14.5. The molecule has 2 heterocycles. The van der Waals surface area contributed by atoms with Gasteiger partial charge < -0.3 is 16.2 Å². The molecule has 0 aliphatic carbocycles. The lowest BCUT2D eigenvalue weighted by Crippen LogP contribution is -2.33. The number of nitrogens with one attached hydrogen (secondary N) is 1. The van der Waals surface area contributed by atoms with Crippen LogP contribution in [0.15, 0.2) is 80.8 Å². The molecule has 0 aliphatic heterocycles. The molecule has 5 N–H and O–H groups in total. The molecule has 222 valence electrons. The van der Waals surface area contributed by atoms with E-state index in [1.165, 1.54) is 47.3 Å². The van der Waals surface area contributed by atoms with Gasteiger partial charge in [0, 0.05) is 11.1 Å². The Kier molecular flexibility index (Phi) is 9.64. The number of sulfone groups is 1. The lowest BCUT2D eigenvalue weighted by atomic mass is 10.1. The van der Waals surface area contributed by atoms with Crippen LogP contribution in [0.4, 0.5) is 28.7 Å². The van der Waals surface area contributed by atoms with Crippen molar-refractivity contribution in [3.8, 4) is 5.95 Å². The van der Waals surface area contributed by atoms with E-state index in [1.807, 2.05) is 0 Å². The van der Waals surface area contributed by atoms with Crippen molar-refractivity contribution >= 4 is 68.1 Å². The number of aromatic nitrogens is 4. The number of benzene rings is 2. The second-order valence-corrected chi connectivity index (χ2v) is 11.5. The van der Waals surface area contributed by atoms with Crippen LogP contribution in [0, 0.1) is 13.8 Å². The van der Waals surface area contributed by atoms with E-state index >= 15 is 0 Å². The number of nitrogens with two attached hydrogens (primary N) is 1. The molecule has 0 atom stereocenters. The first kappa shape index (κ1) is 31.4. The Morgan fingerprint density at radius 1 is 1.12 bits per heavy atom. The number of nitrogen functional groups attached to an aromatic ring is 1. The quantitative estimate of drug-likeness (QED) is 0.0412. The third kappa shape index (κ3) is 7.47. The average Bonchev–Trinajstić information content (AvgIpc) is 2.97. The number of carboxylic acid groups (broad SMARTS) is 1. The fourth-order valence-corrected chi connectivity index (χ4v) is 5.22. The minimum atomic E-state index is -3.67. The predicted molar refractivity (Wildman–Crippen MR) is 156 cm³/mol. The number of aromatic carboxylic acids is 1. The largest absolute Gasteiger partial charge is 0.478 e. The zero-order chi connectivity index (χ0) is 31.3. The van der Waals surface area contributed by atoms with Crippen molar-refractivity contribution in [2.45, 2.75) is 23.6 Å². The number of pyridine rings is 1. The molecule has 2 aromatic carbocycles. The minimum Gasteiger partial charge on any atom is -0.478 e. The van der Waals surface area contributed by atoms with Crippen LogP contribution >= 0.6 is 23.6 Å². The third-order valence-corrected chi connectivity index (χ3v) is 8.04. The fraction of sp³-hybridized carbons (Fsp3) is 0.0800. The van der Waals surface area contributed by atoms with Gasteiger partial charge in [-0.25, -0.2) is 23.0 Å². The molecule has 2 aromatic heterocycles. The summed E-state index contributed by atoms with van der Waals surface area (Å²) in [6, 6.07) is 8.73. The summed E-state index contributed by atoms with van der Waals surface area (Å²) in [6.07, 6.45) is 2.89. The third-order valence-electron chi connectivity index (χ3n) is 5.72. The standard InChI is InChI=1S/C25H21ClN8O7S2/c1-4-43(38,39)21-10-13(2)17(9-14(21)3)32-33-19-12-20(42-41-40-37)16(27)11-18(19)28-24-29-23(26)30-25(31-24)34-7-5-15(6-8-34)22(35)36/h4-12H,1,27H2,2-3H3,(H2-,28,29,30,31,35,36,37)/p+1. The molecule has 0 bridgehead atoms. The number of rotatable bonds is 11. The van der Waals surface area contributed by atoms with Crippen LogP contribution in [0.2, 0.25) is 5.28 Å². The lowest BCUT2D eigenvalue weighted by Gasteiger charge is -2.11. The summed E-state index contributed by atoms with van der Waals surface area (Å²) in [7, 11) is -3.67. The second kappa shape index (κ2) is 13.2. The van der Waals surface area contributed by atoms with E-state index < -0.39 is 15.8 Å². The van der Waals surface area contributed by atoms with Gasteiger partial charge in [0.05, 0.1) is 51.2 Å². The molecule has 0 saturated heterocycles. The molecule has 0 unspecified atom stereocenters. The number of carboxylic acids is 1. The minimum absolute atomic E-state index is 0.0120. The number of nitrogens with zero attached hydrogens (tertiary/aromatic N) is 6. The van der Waals surface area contributed by atoms with Crippen molar-refractivity contribution in [1.82, 2.24) is 15.0 Å².